The summed E-state index contributed by atoms with van der Waals surface area (Å²) in [6.45, 7) is 3.85. The van der Waals surface area contributed by atoms with Gasteiger partial charge in [-0.15, -0.1) is 0 Å². The Bertz CT molecular complexity index is 1100. The molecule has 5 heteroatoms. The average Bonchev–Trinajstić information content (AvgIpc) is 3.07. The van der Waals surface area contributed by atoms with E-state index in [1.807, 2.05) is 62.4 Å². The van der Waals surface area contributed by atoms with Crippen LogP contribution in [0.1, 0.15) is 11.5 Å². The lowest BCUT2D eigenvalue weighted by Gasteiger charge is -2.07. The minimum Gasteiger partial charge on any atom is -0.497 e. The smallest absolute Gasteiger partial charge is 0.230 e. The van der Waals surface area contributed by atoms with E-state index >= 15 is 0 Å². The zero-order valence-electron chi connectivity index (χ0n) is 15.7. The summed E-state index contributed by atoms with van der Waals surface area (Å²) in [5.74, 6) is 3.06. The van der Waals surface area contributed by atoms with Crippen LogP contribution in [0.25, 0.3) is 33.6 Å². The Morgan fingerprint density at radius 1 is 0.741 bits per heavy atom. The van der Waals surface area contributed by atoms with E-state index < -0.39 is 0 Å². The molecule has 0 spiro atoms. The zero-order chi connectivity index (χ0) is 19.0. The molecule has 0 aliphatic carbocycles. The Hall–Kier alpha value is -3.34. The molecule has 0 saturated carbocycles. The van der Waals surface area contributed by atoms with Crippen molar-refractivity contribution in [2.45, 2.75) is 13.8 Å². The molecular weight excluding hydrogens is 340 g/mol. The minimum absolute atomic E-state index is 0.594. The van der Waals surface area contributed by atoms with Gasteiger partial charge in [0.2, 0.25) is 5.71 Å². The first kappa shape index (κ1) is 17.1. The standard InChI is InChI=1S/C22H20N2O3/c1-13-19-20(15-5-9-17(25-3)10-6-15)21(27-22(19)24-14(2)23-13)16-7-11-18(26-4)12-8-16/h5-12H,1-4H3. The van der Waals surface area contributed by atoms with Crippen molar-refractivity contribution in [1.29, 1.82) is 0 Å². The summed E-state index contributed by atoms with van der Waals surface area (Å²) < 4.78 is 16.8. The third-order valence-corrected chi connectivity index (χ3v) is 4.58. The maximum atomic E-state index is 6.21. The van der Waals surface area contributed by atoms with Crippen molar-refractivity contribution in [3.05, 3.63) is 60.0 Å². The third kappa shape index (κ3) is 3.01. The fraction of sp³-hybridized carbons (Fsp3) is 0.182. The molecule has 27 heavy (non-hydrogen) atoms. The largest absolute Gasteiger partial charge is 0.497 e. The first-order valence-electron chi connectivity index (χ1n) is 8.67. The van der Waals surface area contributed by atoms with Crippen LogP contribution in [-0.4, -0.2) is 24.2 Å². The Labute approximate surface area is 157 Å². The maximum absolute atomic E-state index is 6.21. The SMILES string of the molecule is COc1ccc(-c2oc3nc(C)nc(C)c3c2-c2ccc(OC)cc2)cc1. The Kier molecular flexibility index (Phi) is 4.28. The van der Waals surface area contributed by atoms with E-state index in [9.17, 15) is 0 Å². The van der Waals surface area contributed by atoms with Crippen LogP contribution in [0.15, 0.2) is 52.9 Å². The molecule has 0 atom stereocenters. The van der Waals surface area contributed by atoms with Crippen molar-refractivity contribution in [2.75, 3.05) is 14.2 Å². The molecular formula is C22H20N2O3. The fourth-order valence-corrected chi connectivity index (χ4v) is 3.28. The highest BCUT2D eigenvalue weighted by molar-refractivity contribution is 6.01. The highest BCUT2D eigenvalue weighted by atomic mass is 16.5. The van der Waals surface area contributed by atoms with E-state index in [0.29, 0.717) is 11.5 Å². The fourth-order valence-electron chi connectivity index (χ4n) is 3.28. The molecule has 2 heterocycles. The lowest BCUT2D eigenvalue weighted by molar-refractivity contribution is 0.414. The van der Waals surface area contributed by atoms with Gasteiger partial charge in [0.05, 0.1) is 25.3 Å². The molecule has 0 saturated heterocycles. The number of fused-ring (bicyclic) bond motifs is 1. The second kappa shape index (κ2) is 6.76. The molecule has 2 aromatic carbocycles. The second-order valence-corrected chi connectivity index (χ2v) is 6.30. The predicted molar refractivity (Wildman–Crippen MR) is 105 cm³/mol. The van der Waals surface area contributed by atoms with Gasteiger partial charge in [-0.2, -0.15) is 4.98 Å². The number of nitrogens with zero attached hydrogens (tertiary/aromatic N) is 2. The number of hydrogen-bond acceptors (Lipinski definition) is 5. The van der Waals surface area contributed by atoms with Crippen molar-refractivity contribution < 1.29 is 13.9 Å². The van der Waals surface area contributed by atoms with Gasteiger partial charge in [0.15, 0.2) is 0 Å². The maximum Gasteiger partial charge on any atom is 0.230 e. The van der Waals surface area contributed by atoms with Gasteiger partial charge in [-0.1, -0.05) is 12.1 Å². The number of benzene rings is 2. The van der Waals surface area contributed by atoms with Gasteiger partial charge in [0.25, 0.3) is 0 Å². The molecule has 2 aromatic heterocycles. The summed E-state index contributed by atoms with van der Waals surface area (Å²) in [6.07, 6.45) is 0. The summed E-state index contributed by atoms with van der Waals surface area (Å²) in [7, 11) is 3.31. The van der Waals surface area contributed by atoms with Crippen molar-refractivity contribution in [3.63, 3.8) is 0 Å². The van der Waals surface area contributed by atoms with E-state index in [4.69, 9.17) is 13.9 Å². The summed E-state index contributed by atoms with van der Waals surface area (Å²) >= 11 is 0. The summed E-state index contributed by atoms with van der Waals surface area (Å²) in [6, 6.07) is 15.7. The normalized spacial score (nSPS) is 11.0. The van der Waals surface area contributed by atoms with Crippen LogP contribution in [-0.2, 0) is 0 Å². The quantitative estimate of drug-likeness (QED) is 0.501. The van der Waals surface area contributed by atoms with Gasteiger partial charge in [-0.25, -0.2) is 4.98 Å². The lowest BCUT2D eigenvalue weighted by atomic mass is 9.98. The van der Waals surface area contributed by atoms with E-state index in [0.717, 1.165) is 45.0 Å². The number of furan rings is 1. The topological polar surface area (TPSA) is 57.4 Å². The van der Waals surface area contributed by atoms with Crippen molar-refractivity contribution in [3.8, 4) is 33.9 Å². The first-order chi connectivity index (χ1) is 13.1. The Balaban J connectivity index is 2.00. The molecule has 5 nitrogen and oxygen atoms in total. The number of hydrogen-bond donors (Lipinski definition) is 0. The van der Waals surface area contributed by atoms with Crippen molar-refractivity contribution in [1.82, 2.24) is 9.97 Å². The molecule has 0 aliphatic heterocycles. The van der Waals surface area contributed by atoms with Gasteiger partial charge in [0, 0.05) is 11.1 Å². The molecule has 0 fully saturated rings. The van der Waals surface area contributed by atoms with Crippen LogP contribution in [0.4, 0.5) is 0 Å². The van der Waals surface area contributed by atoms with Crippen molar-refractivity contribution >= 4 is 11.1 Å². The number of aryl methyl sites for hydroxylation is 2. The Morgan fingerprint density at radius 3 is 1.85 bits per heavy atom. The number of ether oxygens (including phenoxy) is 2. The average molecular weight is 360 g/mol. The highest BCUT2D eigenvalue weighted by Crippen LogP contribution is 2.41. The van der Waals surface area contributed by atoms with E-state index in [-0.39, 0.29) is 0 Å². The monoisotopic (exact) mass is 360 g/mol. The lowest BCUT2D eigenvalue weighted by Crippen LogP contribution is -1.92. The van der Waals surface area contributed by atoms with Gasteiger partial charge < -0.3 is 13.9 Å². The molecule has 0 bridgehead atoms. The van der Waals surface area contributed by atoms with Crippen LogP contribution in [0.5, 0.6) is 11.5 Å². The van der Waals surface area contributed by atoms with Gasteiger partial charge >= 0.3 is 0 Å². The molecule has 0 radical (unpaired) electrons. The highest BCUT2D eigenvalue weighted by Gasteiger charge is 2.21. The summed E-state index contributed by atoms with van der Waals surface area (Å²) in [5.41, 5.74) is 4.45. The molecule has 0 unspecified atom stereocenters. The third-order valence-electron chi connectivity index (χ3n) is 4.58. The molecule has 0 N–H and O–H groups in total. The van der Waals surface area contributed by atoms with Crippen molar-refractivity contribution in [2.24, 2.45) is 0 Å². The zero-order valence-corrected chi connectivity index (χ0v) is 15.7. The molecule has 0 amide bonds. The van der Waals surface area contributed by atoms with Gasteiger partial charge in [-0.05, 0) is 55.8 Å². The molecule has 136 valence electrons. The van der Waals surface area contributed by atoms with Gasteiger partial charge in [0.1, 0.15) is 23.1 Å². The van der Waals surface area contributed by atoms with E-state index in [2.05, 4.69) is 9.97 Å². The van der Waals surface area contributed by atoms with Gasteiger partial charge in [-0.3, -0.25) is 0 Å². The molecule has 0 aliphatic rings. The van der Waals surface area contributed by atoms with E-state index in [1.165, 1.54) is 0 Å². The van der Waals surface area contributed by atoms with Crippen LogP contribution in [0.2, 0.25) is 0 Å². The van der Waals surface area contributed by atoms with Crippen LogP contribution in [0, 0.1) is 13.8 Å². The Morgan fingerprint density at radius 2 is 1.30 bits per heavy atom. The minimum atomic E-state index is 0.594. The van der Waals surface area contributed by atoms with Crippen LogP contribution < -0.4 is 9.47 Å². The summed E-state index contributed by atoms with van der Waals surface area (Å²) in [5, 5.41) is 0.927. The van der Waals surface area contributed by atoms with E-state index in [1.54, 1.807) is 14.2 Å². The first-order valence-corrected chi connectivity index (χ1v) is 8.67. The van der Waals surface area contributed by atoms with Crippen LogP contribution in [0.3, 0.4) is 0 Å². The summed E-state index contributed by atoms with van der Waals surface area (Å²) in [4.78, 5) is 9.05. The number of rotatable bonds is 4. The predicted octanol–water partition coefficient (Wildman–Crippen LogP) is 5.19. The number of methoxy groups -OCH3 is 2. The number of aromatic nitrogens is 2. The van der Waals surface area contributed by atoms with Crippen LogP contribution >= 0.6 is 0 Å². The molecule has 4 aromatic rings. The molecule has 4 rings (SSSR count). The second-order valence-electron chi connectivity index (χ2n) is 6.30.